The number of hydrogen-bond donors (Lipinski definition) is 2. The number of hydrogen-bond acceptors (Lipinski definition) is 1. The molecule has 0 saturated heterocycles. The topological polar surface area (TPSA) is 57.5 Å². The van der Waals surface area contributed by atoms with Gasteiger partial charge in [-0.05, 0) is 11.8 Å². The summed E-state index contributed by atoms with van der Waals surface area (Å²) < 4.78 is -0.380. The average Bonchev–Trinajstić information content (AvgIpc) is 2.31. The summed E-state index contributed by atoms with van der Waals surface area (Å²) in [5, 5.41) is 13.9. The molecular weight excluding hydrogens is 203 g/mol. The van der Waals surface area contributed by atoms with E-state index in [4.69, 9.17) is 38.2 Å². The Morgan fingerprint density at radius 1 is 1.50 bits per heavy atom. The van der Waals surface area contributed by atoms with Crippen LogP contribution in [0, 0.1) is 11.8 Å². The Kier molecular flexibility index (Phi) is 4.14. The van der Waals surface area contributed by atoms with Crippen LogP contribution in [0.25, 0.3) is 0 Å². The normalized spacial score (nSPS) is 30.0. The molecule has 2 atom stereocenters. The SMILES string of the molecule is CCC1C(C)C1(Cl)Cl.O=C(O)O. The van der Waals surface area contributed by atoms with Crippen molar-refractivity contribution < 1.29 is 15.0 Å². The third-order valence-corrected chi connectivity index (χ3v) is 3.28. The number of carboxylic acid groups (broad SMARTS) is 2. The molecule has 0 aromatic carbocycles. The van der Waals surface area contributed by atoms with Crippen LogP contribution in [-0.4, -0.2) is 20.7 Å². The van der Waals surface area contributed by atoms with Crippen LogP contribution in [0.15, 0.2) is 0 Å². The highest BCUT2D eigenvalue weighted by atomic mass is 35.5. The number of halogens is 2. The van der Waals surface area contributed by atoms with Gasteiger partial charge in [0.15, 0.2) is 0 Å². The summed E-state index contributed by atoms with van der Waals surface area (Å²) in [6.07, 6.45) is -0.728. The molecule has 0 amide bonds. The molecule has 1 fully saturated rings. The lowest BCUT2D eigenvalue weighted by Crippen LogP contribution is -1.87. The standard InChI is InChI=1S/C6H10Cl2.CH2O3/c1-3-5-4(2)6(5,7)8;2-1(3)4/h4-5H,3H2,1-2H3;(H2,2,3,4). The molecule has 0 radical (unpaired) electrons. The zero-order valence-electron chi connectivity index (χ0n) is 6.92. The van der Waals surface area contributed by atoms with E-state index in [-0.39, 0.29) is 4.33 Å². The average molecular weight is 215 g/mol. The van der Waals surface area contributed by atoms with Crippen molar-refractivity contribution in [3.63, 3.8) is 0 Å². The lowest BCUT2D eigenvalue weighted by atomic mass is 10.3. The molecule has 0 aliphatic heterocycles. The molecule has 2 N–H and O–H groups in total. The van der Waals surface area contributed by atoms with Crippen molar-refractivity contribution in [3.05, 3.63) is 0 Å². The van der Waals surface area contributed by atoms with Crippen molar-refractivity contribution in [3.8, 4) is 0 Å². The fraction of sp³-hybridized carbons (Fsp3) is 0.857. The molecule has 1 aliphatic rings. The maximum absolute atomic E-state index is 8.56. The number of alkyl halides is 2. The molecule has 2 unspecified atom stereocenters. The zero-order chi connectivity index (χ0) is 9.94. The summed E-state index contributed by atoms with van der Waals surface area (Å²) in [6.45, 7) is 4.21. The van der Waals surface area contributed by atoms with Crippen LogP contribution in [0.1, 0.15) is 20.3 Å². The van der Waals surface area contributed by atoms with Gasteiger partial charge in [0.25, 0.3) is 0 Å². The summed E-state index contributed by atoms with van der Waals surface area (Å²) in [5.41, 5.74) is 0. The first-order chi connectivity index (χ1) is 5.34. The van der Waals surface area contributed by atoms with E-state index >= 15 is 0 Å². The number of carbonyl (C=O) groups is 1. The minimum Gasteiger partial charge on any atom is -0.450 e. The first kappa shape index (κ1) is 11.8. The van der Waals surface area contributed by atoms with Crippen molar-refractivity contribution in [2.75, 3.05) is 0 Å². The van der Waals surface area contributed by atoms with E-state index in [1.165, 1.54) is 0 Å². The monoisotopic (exact) mass is 214 g/mol. The Morgan fingerprint density at radius 2 is 1.75 bits per heavy atom. The maximum Gasteiger partial charge on any atom is 0.503 e. The summed E-state index contributed by atoms with van der Waals surface area (Å²) in [6, 6.07) is 0. The van der Waals surface area contributed by atoms with Crippen LogP contribution < -0.4 is 0 Å². The summed E-state index contributed by atoms with van der Waals surface area (Å²) in [7, 11) is 0. The van der Waals surface area contributed by atoms with Crippen molar-refractivity contribution >= 4 is 29.4 Å². The maximum atomic E-state index is 8.56. The van der Waals surface area contributed by atoms with E-state index in [0.717, 1.165) is 6.42 Å². The Balaban J connectivity index is 0.000000261. The van der Waals surface area contributed by atoms with Gasteiger partial charge >= 0.3 is 6.16 Å². The Labute approximate surface area is 81.3 Å². The molecule has 0 bridgehead atoms. The Bertz CT molecular complexity index is 166. The third kappa shape index (κ3) is 3.07. The summed E-state index contributed by atoms with van der Waals surface area (Å²) in [4.78, 5) is 8.56. The molecule has 0 spiro atoms. The quantitative estimate of drug-likeness (QED) is 0.661. The molecule has 0 heterocycles. The molecule has 72 valence electrons. The molecule has 12 heavy (non-hydrogen) atoms. The Morgan fingerprint density at radius 3 is 1.75 bits per heavy atom. The second-order valence-electron chi connectivity index (χ2n) is 2.76. The van der Waals surface area contributed by atoms with E-state index in [9.17, 15) is 0 Å². The van der Waals surface area contributed by atoms with Crippen molar-refractivity contribution in [1.29, 1.82) is 0 Å². The fourth-order valence-corrected chi connectivity index (χ4v) is 2.05. The van der Waals surface area contributed by atoms with Crippen molar-refractivity contribution in [2.45, 2.75) is 24.6 Å². The van der Waals surface area contributed by atoms with Crippen molar-refractivity contribution in [2.24, 2.45) is 11.8 Å². The van der Waals surface area contributed by atoms with Gasteiger partial charge < -0.3 is 10.2 Å². The van der Waals surface area contributed by atoms with E-state index in [2.05, 4.69) is 13.8 Å². The highest BCUT2D eigenvalue weighted by molar-refractivity contribution is 6.51. The van der Waals surface area contributed by atoms with E-state index in [0.29, 0.717) is 11.8 Å². The first-order valence-corrected chi connectivity index (χ1v) is 4.39. The van der Waals surface area contributed by atoms with E-state index in [1.807, 2.05) is 0 Å². The largest absolute Gasteiger partial charge is 0.503 e. The highest BCUT2D eigenvalue weighted by Gasteiger charge is 2.58. The molecule has 3 nitrogen and oxygen atoms in total. The minimum atomic E-state index is -1.83. The zero-order valence-corrected chi connectivity index (χ0v) is 8.43. The summed E-state index contributed by atoms with van der Waals surface area (Å²) >= 11 is 11.6. The van der Waals surface area contributed by atoms with Crippen LogP contribution in [0.3, 0.4) is 0 Å². The minimum absolute atomic E-state index is 0.380. The second kappa shape index (κ2) is 4.19. The number of rotatable bonds is 1. The molecule has 1 aliphatic carbocycles. The van der Waals surface area contributed by atoms with Gasteiger partial charge in [0.2, 0.25) is 0 Å². The highest BCUT2D eigenvalue weighted by Crippen LogP contribution is 2.60. The van der Waals surface area contributed by atoms with Crippen LogP contribution >= 0.6 is 23.2 Å². The summed E-state index contributed by atoms with van der Waals surface area (Å²) in [5.74, 6) is 1.06. The van der Waals surface area contributed by atoms with Gasteiger partial charge in [0, 0.05) is 0 Å². The predicted octanol–water partition coefficient (Wildman–Crippen LogP) is 3.06. The first-order valence-electron chi connectivity index (χ1n) is 3.63. The lowest BCUT2D eigenvalue weighted by Gasteiger charge is -1.90. The van der Waals surface area contributed by atoms with Gasteiger partial charge in [-0.2, -0.15) is 0 Å². The van der Waals surface area contributed by atoms with Gasteiger partial charge in [0.1, 0.15) is 4.33 Å². The van der Waals surface area contributed by atoms with Crippen LogP contribution in [0.5, 0.6) is 0 Å². The molecule has 0 aromatic rings. The molecule has 1 saturated carbocycles. The van der Waals surface area contributed by atoms with Gasteiger partial charge in [-0.25, -0.2) is 4.79 Å². The van der Waals surface area contributed by atoms with Gasteiger partial charge in [-0.15, -0.1) is 23.2 Å². The van der Waals surface area contributed by atoms with E-state index < -0.39 is 6.16 Å². The van der Waals surface area contributed by atoms with Gasteiger partial charge in [-0.3, -0.25) is 0 Å². The molecule has 5 heteroatoms. The molecule has 0 aromatic heterocycles. The van der Waals surface area contributed by atoms with Crippen LogP contribution in [-0.2, 0) is 0 Å². The predicted molar refractivity (Wildman–Crippen MR) is 48.0 cm³/mol. The third-order valence-electron chi connectivity index (χ3n) is 2.04. The van der Waals surface area contributed by atoms with Crippen molar-refractivity contribution in [1.82, 2.24) is 0 Å². The van der Waals surface area contributed by atoms with E-state index in [1.54, 1.807) is 0 Å². The van der Waals surface area contributed by atoms with Gasteiger partial charge in [0.05, 0.1) is 0 Å². The smallest absolute Gasteiger partial charge is 0.450 e. The lowest BCUT2D eigenvalue weighted by molar-refractivity contribution is 0.137. The van der Waals surface area contributed by atoms with Gasteiger partial charge in [-0.1, -0.05) is 20.3 Å². The molecule has 1 rings (SSSR count). The fourth-order valence-electron chi connectivity index (χ4n) is 1.19. The van der Waals surface area contributed by atoms with Crippen LogP contribution in [0.2, 0.25) is 0 Å². The second-order valence-corrected chi connectivity index (χ2v) is 4.20. The van der Waals surface area contributed by atoms with Crippen LogP contribution in [0.4, 0.5) is 4.79 Å². The Hall–Kier alpha value is -0.150. The molecular formula is C7H12Cl2O3.